The van der Waals surface area contributed by atoms with E-state index in [0.29, 0.717) is 11.3 Å². The van der Waals surface area contributed by atoms with Gasteiger partial charge >= 0.3 is 5.97 Å². The number of hydrogen-bond acceptors (Lipinski definition) is 6. The number of carbonyl (C=O) groups is 1. The summed E-state index contributed by atoms with van der Waals surface area (Å²) in [6, 6.07) is 12.5. The first-order valence-electron chi connectivity index (χ1n) is 6.96. The van der Waals surface area contributed by atoms with Crippen molar-refractivity contribution >= 4 is 23.6 Å². The monoisotopic (exact) mass is 364 g/mol. The maximum absolute atomic E-state index is 11.2. The zero-order valence-corrected chi connectivity index (χ0v) is 13.8. The smallest absolute Gasteiger partial charge is 0.337 e. The topological polar surface area (TPSA) is 148 Å². The van der Waals surface area contributed by atoms with E-state index in [1.54, 1.807) is 30.3 Å². The Labute approximate surface area is 153 Å². The van der Waals surface area contributed by atoms with Crippen molar-refractivity contribution in [3.05, 3.63) is 63.5 Å². The lowest BCUT2D eigenvalue weighted by atomic mass is 10.1. The van der Waals surface area contributed by atoms with E-state index in [1.165, 1.54) is 24.3 Å². The largest absolute Gasteiger partial charge is 0.478 e. The van der Waals surface area contributed by atoms with E-state index in [2.05, 4.69) is 0 Å². The normalized spacial score (nSPS) is 10.3. The molecule has 0 bridgehead atoms. The summed E-state index contributed by atoms with van der Waals surface area (Å²) >= 11 is 5.83. The molecule has 0 radical (unpaired) electrons. The second-order valence-electron chi connectivity index (χ2n) is 4.88. The van der Waals surface area contributed by atoms with Gasteiger partial charge in [0, 0.05) is 11.6 Å². The SMILES string of the molecule is N#CC(=Cc1ccc(-c2ccc(Cl)c(C(=O)O)c2)o1)C(N)=C(C#N)C#N. The van der Waals surface area contributed by atoms with Crippen molar-refractivity contribution in [2.45, 2.75) is 0 Å². The lowest BCUT2D eigenvalue weighted by molar-refractivity contribution is 0.0697. The Morgan fingerprint density at radius 1 is 1.15 bits per heavy atom. The van der Waals surface area contributed by atoms with Gasteiger partial charge in [0.2, 0.25) is 0 Å². The van der Waals surface area contributed by atoms with Crippen LogP contribution in [0.2, 0.25) is 5.02 Å². The van der Waals surface area contributed by atoms with Gasteiger partial charge in [-0.2, -0.15) is 15.8 Å². The third-order valence-corrected chi connectivity index (χ3v) is 3.63. The highest BCUT2D eigenvalue weighted by molar-refractivity contribution is 6.33. The number of nitrogens with two attached hydrogens (primary N) is 1. The number of hydrogen-bond donors (Lipinski definition) is 2. The maximum atomic E-state index is 11.2. The average molecular weight is 365 g/mol. The number of aromatic carboxylic acids is 1. The third-order valence-electron chi connectivity index (χ3n) is 3.30. The summed E-state index contributed by atoms with van der Waals surface area (Å²) in [5, 5.41) is 36.0. The van der Waals surface area contributed by atoms with E-state index in [0.717, 1.165) is 0 Å². The molecule has 0 aliphatic rings. The van der Waals surface area contributed by atoms with Crippen LogP contribution >= 0.6 is 11.6 Å². The highest BCUT2D eigenvalue weighted by Gasteiger charge is 2.13. The van der Waals surface area contributed by atoms with Crippen LogP contribution in [0.3, 0.4) is 0 Å². The molecular weight excluding hydrogens is 356 g/mol. The van der Waals surface area contributed by atoms with Gasteiger partial charge in [-0.1, -0.05) is 11.6 Å². The lowest BCUT2D eigenvalue weighted by Gasteiger charge is -2.02. The summed E-state index contributed by atoms with van der Waals surface area (Å²) in [5.41, 5.74) is 5.31. The summed E-state index contributed by atoms with van der Waals surface area (Å²) in [6.45, 7) is 0. The first kappa shape index (κ1) is 18.4. The van der Waals surface area contributed by atoms with E-state index >= 15 is 0 Å². The van der Waals surface area contributed by atoms with Crippen molar-refractivity contribution in [2.24, 2.45) is 5.73 Å². The maximum Gasteiger partial charge on any atom is 0.337 e. The number of allylic oxidation sites excluding steroid dienone is 2. The standard InChI is InChI=1S/C18H9ClN4O3/c19-15-3-1-10(6-14(15)18(24)25)16-4-2-13(26-16)5-11(7-20)17(23)12(8-21)9-22/h1-6H,23H2,(H,24,25). The average Bonchev–Trinajstić information content (AvgIpc) is 3.09. The minimum absolute atomic E-state index is 0.0739. The van der Waals surface area contributed by atoms with Crippen molar-refractivity contribution < 1.29 is 14.3 Å². The molecule has 0 aliphatic heterocycles. The molecule has 8 heteroatoms. The zero-order valence-electron chi connectivity index (χ0n) is 13.0. The van der Waals surface area contributed by atoms with Gasteiger partial charge < -0.3 is 15.3 Å². The minimum Gasteiger partial charge on any atom is -0.478 e. The second-order valence-corrected chi connectivity index (χ2v) is 5.29. The molecule has 0 amide bonds. The molecule has 1 aromatic heterocycles. The molecule has 0 fully saturated rings. The fourth-order valence-corrected chi connectivity index (χ4v) is 2.22. The number of nitrogens with zero attached hydrogens (tertiary/aromatic N) is 3. The van der Waals surface area contributed by atoms with Crippen molar-refractivity contribution in [3.8, 4) is 29.5 Å². The van der Waals surface area contributed by atoms with Gasteiger partial charge in [-0.15, -0.1) is 0 Å². The van der Waals surface area contributed by atoms with Gasteiger partial charge in [0.1, 0.15) is 29.7 Å². The molecule has 26 heavy (non-hydrogen) atoms. The van der Waals surface area contributed by atoms with Crippen molar-refractivity contribution in [3.63, 3.8) is 0 Å². The van der Waals surface area contributed by atoms with Crippen LogP contribution in [0.1, 0.15) is 16.1 Å². The Balaban J connectivity index is 2.45. The Morgan fingerprint density at radius 2 is 1.85 bits per heavy atom. The Hall–Kier alpha value is -3.99. The van der Waals surface area contributed by atoms with E-state index in [4.69, 9.17) is 37.4 Å². The van der Waals surface area contributed by atoms with Gasteiger partial charge in [-0.05, 0) is 30.3 Å². The highest BCUT2D eigenvalue weighted by atomic mass is 35.5. The number of carboxylic acid groups (broad SMARTS) is 1. The molecule has 0 atom stereocenters. The molecule has 2 rings (SSSR count). The Bertz CT molecular complexity index is 1060. The highest BCUT2D eigenvalue weighted by Crippen LogP contribution is 2.28. The summed E-state index contributed by atoms with van der Waals surface area (Å²) in [5.74, 6) is -0.591. The lowest BCUT2D eigenvalue weighted by Crippen LogP contribution is -2.03. The van der Waals surface area contributed by atoms with Gasteiger partial charge in [0.25, 0.3) is 0 Å². The van der Waals surface area contributed by atoms with Crippen LogP contribution in [-0.2, 0) is 0 Å². The molecule has 0 saturated carbocycles. The van der Waals surface area contributed by atoms with Crippen molar-refractivity contribution in [1.82, 2.24) is 0 Å². The molecule has 1 aromatic carbocycles. The first-order chi connectivity index (χ1) is 12.4. The molecule has 7 nitrogen and oxygen atoms in total. The fraction of sp³-hybridized carbons (Fsp3) is 0. The van der Waals surface area contributed by atoms with E-state index in [1.807, 2.05) is 0 Å². The van der Waals surface area contributed by atoms with Crippen LogP contribution in [0.4, 0.5) is 0 Å². The summed E-state index contributed by atoms with van der Waals surface area (Å²) < 4.78 is 5.57. The third kappa shape index (κ3) is 3.73. The molecular formula is C18H9ClN4O3. The van der Waals surface area contributed by atoms with Crippen LogP contribution in [0.25, 0.3) is 17.4 Å². The number of furan rings is 1. The van der Waals surface area contributed by atoms with Gasteiger partial charge in [-0.3, -0.25) is 0 Å². The predicted molar refractivity (Wildman–Crippen MR) is 92.1 cm³/mol. The number of nitriles is 3. The minimum atomic E-state index is -1.17. The Kier molecular flexibility index (Phi) is 5.45. The molecule has 0 saturated heterocycles. The number of halogens is 1. The Morgan fingerprint density at radius 3 is 2.42 bits per heavy atom. The van der Waals surface area contributed by atoms with Gasteiger partial charge in [0.05, 0.1) is 21.9 Å². The van der Waals surface area contributed by atoms with Gasteiger partial charge in [0.15, 0.2) is 5.57 Å². The first-order valence-corrected chi connectivity index (χ1v) is 7.34. The number of rotatable bonds is 4. The summed E-state index contributed by atoms with van der Waals surface area (Å²) in [4.78, 5) is 11.2. The molecule has 0 unspecified atom stereocenters. The summed E-state index contributed by atoms with van der Waals surface area (Å²) in [6.07, 6.45) is 1.28. The molecule has 126 valence electrons. The second kappa shape index (κ2) is 7.72. The van der Waals surface area contributed by atoms with Gasteiger partial charge in [-0.25, -0.2) is 4.79 Å². The van der Waals surface area contributed by atoms with Crippen LogP contribution in [0.15, 0.2) is 51.6 Å². The van der Waals surface area contributed by atoms with Crippen LogP contribution in [0.5, 0.6) is 0 Å². The van der Waals surface area contributed by atoms with Crippen molar-refractivity contribution in [1.29, 1.82) is 15.8 Å². The summed E-state index contributed by atoms with van der Waals surface area (Å²) in [7, 11) is 0. The van der Waals surface area contributed by atoms with Crippen LogP contribution in [-0.4, -0.2) is 11.1 Å². The number of benzene rings is 1. The fourth-order valence-electron chi connectivity index (χ4n) is 2.02. The number of carboxylic acids is 1. The quantitative estimate of drug-likeness (QED) is 0.623. The van der Waals surface area contributed by atoms with E-state index in [-0.39, 0.29) is 33.2 Å². The zero-order chi connectivity index (χ0) is 19.3. The molecule has 2 aromatic rings. The van der Waals surface area contributed by atoms with Crippen LogP contribution < -0.4 is 5.73 Å². The predicted octanol–water partition coefficient (Wildman–Crippen LogP) is 3.47. The van der Waals surface area contributed by atoms with Crippen LogP contribution in [0, 0.1) is 34.0 Å². The molecule has 0 aliphatic carbocycles. The molecule has 1 heterocycles. The van der Waals surface area contributed by atoms with Crippen molar-refractivity contribution in [2.75, 3.05) is 0 Å². The van der Waals surface area contributed by atoms with E-state index < -0.39 is 5.97 Å². The molecule has 3 N–H and O–H groups in total. The van der Waals surface area contributed by atoms with E-state index in [9.17, 15) is 10.1 Å². The molecule has 0 spiro atoms.